The maximum atomic E-state index is 13.6. The number of allylic oxidation sites excluding steroid dienone is 2. The minimum absolute atomic E-state index is 0.000335. The van der Waals surface area contributed by atoms with Crippen LogP contribution >= 0.6 is 0 Å². The van der Waals surface area contributed by atoms with Gasteiger partial charge in [-0.25, -0.2) is 4.68 Å². The number of benzene rings is 1. The second-order valence-corrected chi connectivity index (χ2v) is 11.0. The second kappa shape index (κ2) is 9.49. The maximum absolute atomic E-state index is 13.6. The number of aliphatic hydroxyl groups excluding tert-OH is 3. The molecule has 4 aliphatic rings. The van der Waals surface area contributed by atoms with Gasteiger partial charge >= 0.3 is 0 Å². The highest BCUT2D eigenvalue weighted by molar-refractivity contribution is 6.22. The highest BCUT2D eigenvalue weighted by Crippen LogP contribution is 2.52. The minimum Gasteiger partial charge on any atom is -0.507 e. The second-order valence-electron chi connectivity index (χ2n) is 11.0. The molecule has 210 valence electrons. The van der Waals surface area contributed by atoms with Crippen LogP contribution < -0.4 is 5.73 Å². The number of ketones is 1. The number of carbonyl (C=O) groups excluding carboxylic acids is 2. The molecule has 40 heavy (non-hydrogen) atoms. The van der Waals surface area contributed by atoms with Gasteiger partial charge in [0.1, 0.15) is 28.6 Å². The van der Waals surface area contributed by atoms with E-state index in [0.29, 0.717) is 44.0 Å². The summed E-state index contributed by atoms with van der Waals surface area (Å²) >= 11 is 0. The molecule has 0 unspecified atom stereocenters. The van der Waals surface area contributed by atoms with E-state index in [1.807, 2.05) is 18.7 Å². The average molecular weight is 550 g/mol. The monoisotopic (exact) mass is 549 g/mol. The molecule has 0 saturated carbocycles. The lowest BCUT2D eigenvalue weighted by Gasteiger charge is -2.45. The first-order valence-electron chi connectivity index (χ1n) is 13.3. The normalized spacial score (nSPS) is 25.3. The number of phenols is 1. The third-order valence-electron chi connectivity index (χ3n) is 8.46. The van der Waals surface area contributed by atoms with Gasteiger partial charge in [-0.3, -0.25) is 14.5 Å². The average Bonchev–Trinajstić information content (AvgIpc) is 3.39. The predicted molar refractivity (Wildman–Crippen MR) is 142 cm³/mol. The zero-order chi connectivity index (χ0) is 28.5. The summed E-state index contributed by atoms with van der Waals surface area (Å²) in [5.41, 5.74) is 7.24. The standard InChI is InChI=1S/C28H31N5O7/c1-12(2)16-11-33(31-30-16)17-3-4-18(34)20-14(17)9-13-10-15-21(25(36)19(13)24(20)35)26(37)22(28(29)39)27(38)23(15)32-5-7-40-8-6-32/h3-4,11-13,15,23,34-37H,5-10H2,1-2H3,(H2,29,39)/t13-,15+,23+/m0/s1. The summed E-state index contributed by atoms with van der Waals surface area (Å²) < 4.78 is 7.06. The van der Waals surface area contributed by atoms with Crippen molar-refractivity contribution in [3.63, 3.8) is 0 Å². The number of ether oxygens (including phenoxy) is 1. The highest BCUT2D eigenvalue weighted by Gasteiger charge is 2.52. The lowest BCUT2D eigenvalue weighted by molar-refractivity contribution is -0.128. The van der Waals surface area contributed by atoms with Crippen LogP contribution in [0.4, 0.5) is 0 Å². The fourth-order valence-corrected chi connectivity index (χ4v) is 6.57. The van der Waals surface area contributed by atoms with Crippen molar-refractivity contribution in [2.24, 2.45) is 17.6 Å². The molecule has 1 aromatic carbocycles. The Morgan fingerprint density at radius 3 is 2.45 bits per heavy atom. The number of primary amides is 1. The van der Waals surface area contributed by atoms with Crippen LogP contribution in [-0.4, -0.2) is 84.4 Å². The molecular formula is C28H31N5O7. The Kier molecular flexibility index (Phi) is 6.19. The van der Waals surface area contributed by atoms with Gasteiger partial charge in [0.15, 0.2) is 5.78 Å². The number of hydrogen-bond donors (Lipinski definition) is 5. The number of phenolic OH excluding ortho intramolecular Hbond substituents is 1. The van der Waals surface area contributed by atoms with Crippen LogP contribution in [0.1, 0.15) is 43.0 Å². The molecule has 3 atom stereocenters. The summed E-state index contributed by atoms with van der Waals surface area (Å²) in [6.07, 6.45) is 2.39. The number of fused-ring (bicyclic) bond motifs is 3. The highest BCUT2D eigenvalue weighted by atomic mass is 16.5. The van der Waals surface area contributed by atoms with Gasteiger partial charge in [-0.2, -0.15) is 0 Å². The summed E-state index contributed by atoms with van der Waals surface area (Å²) in [5, 5.41) is 53.4. The van der Waals surface area contributed by atoms with Crippen molar-refractivity contribution in [1.82, 2.24) is 19.9 Å². The van der Waals surface area contributed by atoms with Crippen LogP contribution in [0.2, 0.25) is 0 Å². The number of morpholine rings is 1. The van der Waals surface area contributed by atoms with Gasteiger partial charge in [-0.05, 0) is 42.4 Å². The Morgan fingerprint density at radius 1 is 1.07 bits per heavy atom. The van der Waals surface area contributed by atoms with Gasteiger partial charge in [-0.1, -0.05) is 19.1 Å². The molecule has 12 heteroatoms. The summed E-state index contributed by atoms with van der Waals surface area (Å²) in [4.78, 5) is 27.8. The van der Waals surface area contributed by atoms with E-state index in [2.05, 4.69) is 10.3 Å². The van der Waals surface area contributed by atoms with Crippen molar-refractivity contribution in [2.75, 3.05) is 26.3 Å². The number of nitrogens with zero attached hydrogens (tertiary/aromatic N) is 4. The first kappa shape index (κ1) is 26.1. The molecule has 1 aliphatic heterocycles. The first-order chi connectivity index (χ1) is 19.1. The summed E-state index contributed by atoms with van der Waals surface area (Å²) in [6.45, 7) is 5.64. The Morgan fingerprint density at radius 2 is 1.80 bits per heavy atom. The van der Waals surface area contributed by atoms with Crippen molar-refractivity contribution in [3.05, 3.63) is 63.4 Å². The molecule has 2 heterocycles. The number of carbonyl (C=O) groups is 2. The number of nitrogens with two attached hydrogens (primary N) is 1. The van der Waals surface area contributed by atoms with E-state index in [1.54, 1.807) is 16.9 Å². The van der Waals surface area contributed by atoms with Crippen LogP contribution in [0.25, 0.3) is 11.4 Å². The molecule has 3 aliphatic carbocycles. The molecule has 1 aromatic heterocycles. The van der Waals surface area contributed by atoms with Crippen LogP contribution in [0, 0.1) is 11.8 Å². The maximum Gasteiger partial charge on any atom is 0.256 e. The van der Waals surface area contributed by atoms with Crippen molar-refractivity contribution in [1.29, 1.82) is 0 Å². The van der Waals surface area contributed by atoms with Crippen LogP contribution in [0.5, 0.6) is 5.75 Å². The van der Waals surface area contributed by atoms with Gasteiger partial charge in [0.2, 0.25) is 0 Å². The SMILES string of the molecule is CC(C)c1cn(-c2ccc(O)c3c2C[C@H]2C[C@@H]4C(=C(O)C2=C3O)C(O)=C(C(N)=O)C(=O)[C@@H]4N2CCOCC2)nn1. The third-order valence-corrected chi connectivity index (χ3v) is 8.46. The molecule has 1 fully saturated rings. The van der Waals surface area contributed by atoms with Crippen LogP contribution in [-0.2, 0) is 20.7 Å². The molecule has 2 aromatic rings. The van der Waals surface area contributed by atoms with E-state index in [-0.39, 0.29) is 40.6 Å². The van der Waals surface area contributed by atoms with E-state index in [4.69, 9.17) is 10.5 Å². The Balaban J connectivity index is 1.53. The molecule has 12 nitrogen and oxygen atoms in total. The molecule has 6 rings (SSSR count). The topological polar surface area (TPSA) is 184 Å². The molecule has 1 amide bonds. The van der Waals surface area contributed by atoms with Gasteiger partial charge in [0, 0.05) is 30.2 Å². The Labute approximate surface area is 229 Å². The lowest BCUT2D eigenvalue weighted by atomic mass is 9.64. The molecule has 0 radical (unpaired) electrons. The van der Waals surface area contributed by atoms with E-state index >= 15 is 0 Å². The molecule has 1 saturated heterocycles. The number of rotatable bonds is 4. The lowest BCUT2D eigenvalue weighted by Crippen LogP contribution is -2.56. The Bertz CT molecular complexity index is 1530. The zero-order valence-electron chi connectivity index (χ0n) is 22.2. The largest absolute Gasteiger partial charge is 0.507 e. The fraction of sp³-hybridized carbons (Fsp3) is 0.429. The summed E-state index contributed by atoms with van der Waals surface area (Å²) in [5.74, 6) is -4.29. The van der Waals surface area contributed by atoms with Crippen molar-refractivity contribution < 1.29 is 34.8 Å². The van der Waals surface area contributed by atoms with Gasteiger partial charge in [0.05, 0.1) is 42.4 Å². The molecular weight excluding hydrogens is 518 g/mol. The summed E-state index contributed by atoms with van der Waals surface area (Å²) in [7, 11) is 0. The number of Topliss-reactive ketones (excluding diaryl/α,β-unsaturated/α-hetero) is 1. The smallest absolute Gasteiger partial charge is 0.256 e. The Hall–Kier alpha value is -4.16. The number of aliphatic hydroxyl groups is 3. The van der Waals surface area contributed by atoms with E-state index < -0.39 is 46.7 Å². The quantitative estimate of drug-likeness (QED) is 0.353. The predicted octanol–water partition coefficient (Wildman–Crippen LogP) is 1.95. The minimum atomic E-state index is -1.09. The van der Waals surface area contributed by atoms with Crippen molar-refractivity contribution in [3.8, 4) is 11.4 Å². The van der Waals surface area contributed by atoms with Gasteiger partial charge < -0.3 is 30.9 Å². The molecule has 0 bridgehead atoms. The fourth-order valence-electron chi connectivity index (χ4n) is 6.57. The third kappa shape index (κ3) is 3.81. The number of aromatic nitrogens is 3. The van der Waals surface area contributed by atoms with Crippen molar-refractivity contribution >= 4 is 17.4 Å². The van der Waals surface area contributed by atoms with E-state index in [0.717, 1.165) is 5.69 Å². The van der Waals surface area contributed by atoms with Gasteiger partial charge in [0.25, 0.3) is 5.91 Å². The van der Waals surface area contributed by atoms with Gasteiger partial charge in [-0.15, -0.1) is 5.10 Å². The zero-order valence-corrected chi connectivity index (χ0v) is 22.2. The van der Waals surface area contributed by atoms with Crippen molar-refractivity contribution in [2.45, 2.75) is 38.6 Å². The first-order valence-corrected chi connectivity index (χ1v) is 13.3. The molecule has 0 spiro atoms. The molecule has 6 N–H and O–H groups in total. The van der Waals surface area contributed by atoms with Crippen LogP contribution in [0.15, 0.2) is 46.6 Å². The van der Waals surface area contributed by atoms with Crippen LogP contribution in [0.3, 0.4) is 0 Å². The number of hydrogen-bond acceptors (Lipinski definition) is 10. The number of amides is 1. The van der Waals surface area contributed by atoms with E-state index in [9.17, 15) is 30.0 Å². The number of aromatic hydroxyl groups is 1. The van der Waals surface area contributed by atoms with E-state index in [1.165, 1.54) is 6.07 Å². The summed E-state index contributed by atoms with van der Waals surface area (Å²) in [6, 6.07) is 2.29.